The second-order valence-electron chi connectivity index (χ2n) is 4.78. The van der Waals surface area contributed by atoms with Gasteiger partial charge in [-0.05, 0) is 32.1 Å². The van der Waals surface area contributed by atoms with Gasteiger partial charge < -0.3 is 14.4 Å². The Morgan fingerprint density at radius 1 is 1.35 bits per heavy atom. The topological polar surface area (TPSA) is 46.6 Å². The molecule has 0 bridgehead atoms. The summed E-state index contributed by atoms with van der Waals surface area (Å²) in [4.78, 5) is 24.0. The largest absolute Gasteiger partial charge is 0.449 e. The van der Waals surface area contributed by atoms with E-state index >= 15 is 0 Å². The molecule has 1 fully saturated rings. The molecule has 0 spiro atoms. The van der Waals surface area contributed by atoms with E-state index in [9.17, 15) is 9.59 Å². The zero-order chi connectivity index (χ0) is 12.7. The van der Waals surface area contributed by atoms with E-state index in [4.69, 9.17) is 4.74 Å². The third-order valence-corrected chi connectivity index (χ3v) is 3.49. The van der Waals surface area contributed by atoms with Crippen molar-refractivity contribution in [3.63, 3.8) is 0 Å². The normalized spacial score (nSPS) is 24.1. The first-order valence-electron chi connectivity index (χ1n) is 6.54. The van der Waals surface area contributed by atoms with Gasteiger partial charge in [0.05, 0.1) is 6.61 Å². The van der Waals surface area contributed by atoms with Crippen LogP contribution >= 0.6 is 0 Å². The highest BCUT2D eigenvalue weighted by atomic mass is 16.6. The minimum atomic E-state index is -0.229. The summed E-state index contributed by atoms with van der Waals surface area (Å²) in [5, 5.41) is 0. The maximum atomic E-state index is 11.7. The standard InChI is InChI=1S/C13H23NO3/c1-3-4-9-17-13(16)14(2)12-7-5-11(10-15)6-8-12/h10-12H,3-9H2,1-2H3. The number of nitrogens with zero attached hydrogens (tertiary/aromatic N) is 1. The summed E-state index contributed by atoms with van der Waals surface area (Å²) < 4.78 is 5.17. The maximum absolute atomic E-state index is 11.7. The van der Waals surface area contributed by atoms with E-state index in [0.717, 1.165) is 44.8 Å². The van der Waals surface area contributed by atoms with Gasteiger partial charge in [-0.1, -0.05) is 13.3 Å². The lowest BCUT2D eigenvalue weighted by Gasteiger charge is -2.32. The van der Waals surface area contributed by atoms with Gasteiger partial charge in [-0.2, -0.15) is 0 Å². The van der Waals surface area contributed by atoms with E-state index in [0.29, 0.717) is 6.61 Å². The van der Waals surface area contributed by atoms with E-state index in [-0.39, 0.29) is 18.1 Å². The number of hydrogen-bond donors (Lipinski definition) is 0. The minimum absolute atomic E-state index is 0.191. The Hall–Kier alpha value is -1.06. The fourth-order valence-corrected chi connectivity index (χ4v) is 2.18. The molecule has 0 saturated heterocycles. The molecule has 0 radical (unpaired) electrons. The van der Waals surface area contributed by atoms with Crippen molar-refractivity contribution in [2.24, 2.45) is 5.92 Å². The molecular formula is C13H23NO3. The van der Waals surface area contributed by atoms with Gasteiger partial charge in [0.15, 0.2) is 0 Å². The van der Waals surface area contributed by atoms with Crippen LogP contribution in [-0.4, -0.2) is 37.0 Å². The highest BCUT2D eigenvalue weighted by molar-refractivity contribution is 5.67. The van der Waals surface area contributed by atoms with Crippen LogP contribution in [0.3, 0.4) is 0 Å². The van der Waals surface area contributed by atoms with Crippen molar-refractivity contribution in [3.05, 3.63) is 0 Å². The fourth-order valence-electron chi connectivity index (χ4n) is 2.18. The van der Waals surface area contributed by atoms with Crippen LogP contribution in [0, 0.1) is 5.92 Å². The van der Waals surface area contributed by atoms with Crippen molar-refractivity contribution in [1.29, 1.82) is 0 Å². The summed E-state index contributed by atoms with van der Waals surface area (Å²) in [7, 11) is 1.79. The Morgan fingerprint density at radius 3 is 2.53 bits per heavy atom. The summed E-state index contributed by atoms with van der Waals surface area (Å²) in [6, 6.07) is 0.236. The van der Waals surface area contributed by atoms with Gasteiger partial charge in [0.25, 0.3) is 0 Å². The minimum Gasteiger partial charge on any atom is -0.449 e. The van der Waals surface area contributed by atoms with E-state index in [2.05, 4.69) is 6.92 Å². The molecule has 0 aromatic heterocycles. The molecule has 4 heteroatoms. The fraction of sp³-hybridized carbons (Fsp3) is 0.846. The summed E-state index contributed by atoms with van der Waals surface area (Å²) in [5.74, 6) is 0.191. The Kier molecular flexibility index (Phi) is 6.01. The first-order valence-corrected chi connectivity index (χ1v) is 6.54. The van der Waals surface area contributed by atoms with Crippen LogP contribution in [0.5, 0.6) is 0 Å². The third-order valence-electron chi connectivity index (χ3n) is 3.49. The van der Waals surface area contributed by atoms with Crippen LogP contribution in [0.25, 0.3) is 0 Å². The summed E-state index contributed by atoms with van der Waals surface area (Å²) in [5.41, 5.74) is 0. The smallest absolute Gasteiger partial charge is 0.409 e. The van der Waals surface area contributed by atoms with Gasteiger partial charge in [-0.25, -0.2) is 4.79 Å². The molecule has 0 heterocycles. The Balaban J connectivity index is 2.29. The SMILES string of the molecule is CCCCOC(=O)N(C)C1CCC(C=O)CC1. The molecule has 98 valence electrons. The van der Waals surface area contributed by atoms with E-state index in [1.807, 2.05) is 0 Å². The first-order chi connectivity index (χ1) is 8.19. The lowest BCUT2D eigenvalue weighted by molar-refractivity contribution is -0.112. The first kappa shape index (κ1) is 14.0. The monoisotopic (exact) mass is 241 g/mol. The molecule has 1 aliphatic carbocycles. The van der Waals surface area contributed by atoms with Crippen molar-refractivity contribution in [3.8, 4) is 0 Å². The van der Waals surface area contributed by atoms with Gasteiger partial charge in [-0.15, -0.1) is 0 Å². The second-order valence-corrected chi connectivity index (χ2v) is 4.78. The number of hydrogen-bond acceptors (Lipinski definition) is 3. The van der Waals surface area contributed by atoms with Gasteiger partial charge in [0, 0.05) is 19.0 Å². The molecule has 1 aliphatic rings. The molecule has 0 unspecified atom stereocenters. The second kappa shape index (κ2) is 7.30. The Morgan fingerprint density at radius 2 is 2.00 bits per heavy atom. The van der Waals surface area contributed by atoms with Crippen molar-refractivity contribution in [2.45, 2.75) is 51.5 Å². The number of carbonyl (C=O) groups is 2. The van der Waals surface area contributed by atoms with E-state index < -0.39 is 0 Å². The summed E-state index contributed by atoms with van der Waals surface area (Å²) in [6.45, 7) is 2.57. The van der Waals surface area contributed by atoms with Crippen LogP contribution in [0.15, 0.2) is 0 Å². The highest BCUT2D eigenvalue weighted by Crippen LogP contribution is 2.25. The van der Waals surface area contributed by atoms with Crippen LogP contribution in [-0.2, 0) is 9.53 Å². The predicted octanol–water partition coefficient (Wildman–Crippen LogP) is 2.61. The maximum Gasteiger partial charge on any atom is 0.409 e. The molecule has 1 amide bonds. The molecule has 1 saturated carbocycles. The number of amides is 1. The summed E-state index contributed by atoms with van der Waals surface area (Å²) >= 11 is 0. The van der Waals surface area contributed by atoms with Crippen LogP contribution in [0.4, 0.5) is 4.79 Å². The average molecular weight is 241 g/mol. The van der Waals surface area contributed by atoms with E-state index in [1.165, 1.54) is 0 Å². The molecule has 0 aromatic rings. The van der Waals surface area contributed by atoms with Gasteiger partial charge in [0.1, 0.15) is 6.29 Å². The lowest BCUT2D eigenvalue weighted by Crippen LogP contribution is -2.40. The molecule has 17 heavy (non-hydrogen) atoms. The zero-order valence-electron chi connectivity index (χ0n) is 10.9. The highest BCUT2D eigenvalue weighted by Gasteiger charge is 2.26. The van der Waals surface area contributed by atoms with Crippen LogP contribution in [0.1, 0.15) is 45.4 Å². The van der Waals surface area contributed by atoms with Crippen LogP contribution in [0.2, 0.25) is 0 Å². The molecular weight excluding hydrogens is 218 g/mol. The van der Waals surface area contributed by atoms with E-state index in [1.54, 1.807) is 11.9 Å². The number of ether oxygens (including phenoxy) is 1. The average Bonchev–Trinajstić information content (AvgIpc) is 2.38. The van der Waals surface area contributed by atoms with Crippen molar-refractivity contribution in [2.75, 3.05) is 13.7 Å². The predicted molar refractivity (Wildman–Crippen MR) is 65.8 cm³/mol. The third kappa shape index (κ3) is 4.36. The molecule has 0 aromatic carbocycles. The Bertz CT molecular complexity index is 247. The molecule has 0 N–H and O–H groups in total. The van der Waals surface area contributed by atoms with Gasteiger partial charge in [0.2, 0.25) is 0 Å². The molecule has 0 aliphatic heterocycles. The van der Waals surface area contributed by atoms with Crippen LogP contribution < -0.4 is 0 Å². The number of aldehydes is 1. The van der Waals surface area contributed by atoms with Crippen molar-refractivity contribution < 1.29 is 14.3 Å². The number of rotatable bonds is 5. The quantitative estimate of drug-likeness (QED) is 0.549. The van der Waals surface area contributed by atoms with Gasteiger partial charge >= 0.3 is 6.09 Å². The lowest BCUT2D eigenvalue weighted by atomic mass is 9.86. The molecule has 4 nitrogen and oxygen atoms in total. The molecule has 1 rings (SSSR count). The zero-order valence-corrected chi connectivity index (χ0v) is 10.9. The molecule has 0 atom stereocenters. The Labute approximate surface area is 103 Å². The van der Waals surface area contributed by atoms with Crippen molar-refractivity contribution >= 4 is 12.4 Å². The van der Waals surface area contributed by atoms with Gasteiger partial charge in [-0.3, -0.25) is 0 Å². The number of carbonyl (C=O) groups excluding carboxylic acids is 2. The summed E-state index contributed by atoms with van der Waals surface area (Å²) in [6.07, 6.45) is 6.34. The number of unbranched alkanes of at least 4 members (excludes halogenated alkanes) is 1. The van der Waals surface area contributed by atoms with Crippen molar-refractivity contribution in [1.82, 2.24) is 4.90 Å².